The molecule has 0 aliphatic carbocycles. The van der Waals surface area contributed by atoms with E-state index in [-0.39, 0.29) is 34.3 Å². The van der Waals surface area contributed by atoms with Gasteiger partial charge in [-0.3, -0.25) is 4.79 Å². The monoisotopic (exact) mass is 413 g/mol. The highest BCUT2D eigenvalue weighted by Gasteiger charge is 2.32. The van der Waals surface area contributed by atoms with Crippen molar-refractivity contribution < 1.29 is 22.7 Å². The van der Waals surface area contributed by atoms with Crippen molar-refractivity contribution in [3.8, 4) is 5.75 Å². The third-order valence-electron chi connectivity index (χ3n) is 4.48. The van der Waals surface area contributed by atoms with Gasteiger partial charge < -0.3 is 15.4 Å². The number of rotatable bonds is 5. The number of ether oxygens (including phenoxy) is 1. The van der Waals surface area contributed by atoms with Crippen molar-refractivity contribution in [2.45, 2.75) is 38.1 Å². The van der Waals surface area contributed by atoms with Gasteiger partial charge in [0.05, 0.1) is 11.1 Å². The second kappa shape index (κ2) is 8.36. The fraction of sp³-hybridized carbons (Fsp3) is 0.368. The molecule has 2 N–H and O–H groups in total. The van der Waals surface area contributed by atoms with Crippen LogP contribution in [0.15, 0.2) is 36.5 Å². The van der Waals surface area contributed by atoms with E-state index in [0.29, 0.717) is 0 Å². The number of hydrogen-bond acceptors (Lipinski definition) is 4. The van der Waals surface area contributed by atoms with Gasteiger partial charge in [0.15, 0.2) is 0 Å². The Balaban J connectivity index is 1.85. The molecule has 150 valence electrons. The number of aromatic nitrogens is 1. The number of pyridine rings is 1. The zero-order chi connectivity index (χ0) is 20.3. The molecule has 9 heteroatoms. The van der Waals surface area contributed by atoms with Crippen LogP contribution in [0.1, 0.15) is 35.7 Å². The number of carbonyl (C=O) groups excluding carboxylic acids is 1. The normalized spacial score (nSPS) is 18.0. The summed E-state index contributed by atoms with van der Waals surface area (Å²) in [4.78, 5) is 16.2. The molecule has 1 aliphatic rings. The molecule has 1 aromatic heterocycles. The van der Waals surface area contributed by atoms with Crippen LogP contribution in [-0.4, -0.2) is 29.6 Å². The number of halogens is 4. The second-order valence-electron chi connectivity index (χ2n) is 6.57. The quantitative estimate of drug-likeness (QED) is 0.707. The van der Waals surface area contributed by atoms with Gasteiger partial charge in [0, 0.05) is 24.0 Å². The summed E-state index contributed by atoms with van der Waals surface area (Å²) >= 11 is 5.88. The minimum atomic E-state index is -4.58. The lowest BCUT2D eigenvalue weighted by Gasteiger charge is -2.22. The maximum atomic E-state index is 13.3. The molecule has 5 nitrogen and oxygen atoms in total. The van der Waals surface area contributed by atoms with Gasteiger partial charge in [0.25, 0.3) is 5.91 Å². The van der Waals surface area contributed by atoms with Crippen molar-refractivity contribution in [1.82, 2.24) is 10.3 Å². The molecular formula is C19H19ClF3N3O2. The molecule has 0 spiro atoms. The first kappa shape index (κ1) is 20.4. The molecule has 0 radical (unpaired) electrons. The topological polar surface area (TPSA) is 63.2 Å². The van der Waals surface area contributed by atoms with E-state index < -0.39 is 17.6 Å². The van der Waals surface area contributed by atoms with E-state index in [0.717, 1.165) is 31.5 Å². The lowest BCUT2D eigenvalue weighted by atomic mass is 10.1. The van der Waals surface area contributed by atoms with Gasteiger partial charge in [0.1, 0.15) is 17.0 Å². The maximum Gasteiger partial charge on any atom is 0.416 e. The van der Waals surface area contributed by atoms with E-state index in [1.54, 1.807) is 6.92 Å². The van der Waals surface area contributed by atoms with Crippen LogP contribution in [0.25, 0.3) is 0 Å². The van der Waals surface area contributed by atoms with Crippen LogP contribution in [0.4, 0.5) is 18.9 Å². The molecule has 2 atom stereocenters. The molecule has 28 heavy (non-hydrogen) atoms. The highest BCUT2D eigenvalue weighted by atomic mass is 35.5. The van der Waals surface area contributed by atoms with Crippen molar-refractivity contribution >= 4 is 23.2 Å². The number of carbonyl (C=O) groups is 1. The molecular weight excluding hydrogens is 395 g/mol. The molecule has 2 heterocycles. The third-order valence-corrected chi connectivity index (χ3v) is 4.78. The van der Waals surface area contributed by atoms with Crippen LogP contribution in [0, 0.1) is 0 Å². The number of anilines is 1. The van der Waals surface area contributed by atoms with Crippen molar-refractivity contribution in [2.24, 2.45) is 0 Å². The number of alkyl halides is 3. The van der Waals surface area contributed by atoms with Gasteiger partial charge >= 0.3 is 6.18 Å². The molecule has 1 aliphatic heterocycles. The SMILES string of the molecule is C[C@@H](Oc1cc(NC(=O)c2cccnc2Cl)cc(C(F)(F)F)c1)C1CCCN1. The van der Waals surface area contributed by atoms with Crippen LogP contribution in [0.5, 0.6) is 5.75 Å². The smallest absolute Gasteiger partial charge is 0.416 e. The summed E-state index contributed by atoms with van der Waals surface area (Å²) in [6.07, 6.45) is -1.60. The molecule has 1 amide bonds. The molecule has 1 unspecified atom stereocenters. The van der Waals surface area contributed by atoms with Crippen molar-refractivity contribution in [2.75, 3.05) is 11.9 Å². The van der Waals surface area contributed by atoms with Crippen molar-refractivity contribution in [3.05, 3.63) is 52.8 Å². The van der Waals surface area contributed by atoms with Crippen LogP contribution < -0.4 is 15.4 Å². The van der Waals surface area contributed by atoms with Crippen molar-refractivity contribution in [3.63, 3.8) is 0 Å². The number of nitrogens with zero attached hydrogens (tertiary/aromatic N) is 1. The Hall–Kier alpha value is -2.32. The number of amides is 1. The Morgan fingerprint density at radius 1 is 1.39 bits per heavy atom. The van der Waals surface area contributed by atoms with Crippen molar-refractivity contribution in [1.29, 1.82) is 0 Å². The van der Waals surface area contributed by atoms with E-state index in [1.165, 1.54) is 24.4 Å². The lowest BCUT2D eigenvalue weighted by Crippen LogP contribution is -2.36. The minimum absolute atomic E-state index is 0.0311. The van der Waals surface area contributed by atoms with Crippen LogP contribution in [0.2, 0.25) is 5.15 Å². The molecule has 1 fully saturated rings. The zero-order valence-electron chi connectivity index (χ0n) is 15.0. The summed E-state index contributed by atoms with van der Waals surface area (Å²) in [5, 5.41) is 5.66. The Bertz CT molecular complexity index is 855. The predicted octanol–water partition coefficient (Wildman–Crippen LogP) is 4.53. The Morgan fingerprint density at radius 2 is 2.18 bits per heavy atom. The first-order valence-electron chi connectivity index (χ1n) is 8.78. The largest absolute Gasteiger partial charge is 0.489 e. The highest BCUT2D eigenvalue weighted by Crippen LogP contribution is 2.35. The van der Waals surface area contributed by atoms with E-state index in [9.17, 15) is 18.0 Å². The van der Waals surface area contributed by atoms with Crippen LogP contribution >= 0.6 is 11.6 Å². The summed E-state index contributed by atoms with van der Waals surface area (Å²) in [6, 6.07) is 6.16. The van der Waals surface area contributed by atoms with E-state index in [2.05, 4.69) is 15.6 Å². The first-order valence-corrected chi connectivity index (χ1v) is 9.16. The third kappa shape index (κ3) is 4.94. The molecule has 3 rings (SSSR count). The Labute approximate surface area is 165 Å². The zero-order valence-corrected chi connectivity index (χ0v) is 15.8. The standard InChI is InChI=1S/C19H19ClF3N3O2/c1-11(16-5-3-6-24-16)28-14-9-12(19(21,22)23)8-13(10-14)26-18(27)15-4-2-7-25-17(15)20/h2,4,7-11,16,24H,3,5-6H2,1H3,(H,26,27)/t11-,16?/m1/s1. The Kier molecular flexibility index (Phi) is 6.10. The van der Waals surface area contributed by atoms with E-state index in [1.807, 2.05) is 0 Å². The average molecular weight is 414 g/mol. The number of nitrogens with one attached hydrogen (secondary N) is 2. The van der Waals surface area contributed by atoms with Gasteiger partial charge in [-0.2, -0.15) is 13.2 Å². The molecule has 1 saturated heterocycles. The van der Waals surface area contributed by atoms with Crippen LogP contribution in [-0.2, 0) is 6.18 Å². The van der Waals surface area contributed by atoms with Crippen LogP contribution in [0.3, 0.4) is 0 Å². The summed E-state index contributed by atoms with van der Waals surface area (Å²) < 4.78 is 45.6. The van der Waals surface area contributed by atoms with E-state index in [4.69, 9.17) is 16.3 Å². The predicted molar refractivity (Wildman–Crippen MR) is 99.8 cm³/mol. The summed E-state index contributed by atoms with van der Waals surface area (Å²) in [5.74, 6) is -0.627. The lowest BCUT2D eigenvalue weighted by molar-refractivity contribution is -0.137. The molecule has 1 aromatic carbocycles. The summed E-state index contributed by atoms with van der Waals surface area (Å²) in [6.45, 7) is 2.66. The van der Waals surface area contributed by atoms with Gasteiger partial charge in [-0.05, 0) is 50.6 Å². The number of benzene rings is 1. The second-order valence-corrected chi connectivity index (χ2v) is 6.92. The highest BCUT2D eigenvalue weighted by molar-refractivity contribution is 6.33. The Morgan fingerprint density at radius 3 is 2.82 bits per heavy atom. The fourth-order valence-electron chi connectivity index (χ4n) is 3.07. The van der Waals surface area contributed by atoms with E-state index >= 15 is 0 Å². The van der Waals surface area contributed by atoms with Gasteiger partial charge in [0.2, 0.25) is 0 Å². The maximum absolute atomic E-state index is 13.3. The molecule has 0 saturated carbocycles. The van der Waals surface area contributed by atoms with Gasteiger partial charge in [-0.15, -0.1) is 0 Å². The molecule has 2 aromatic rings. The summed E-state index contributed by atoms with van der Waals surface area (Å²) in [7, 11) is 0. The summed E-state index contributed by atoms with van der Waals surface area (Å²) in [5.41, 5.74) is -0.891. The number of hydrogen-bond donors (Lipinski definition) is 2. The van der Waals surface area contributed by atoms with Gasteiger partial charge in [-0.1, -0.05) is 11.6 Å². The minimum Gasteiger partial charge on any atom is -0.489 e. The molecule has 0 bridgehead atoms. The first-order chi connectivity index (χ1) is 13.2. The average Bonchev–Trinajstić information content (AvgIpc) is 3.16. The fourth-order valence-corrected chi connectivity index (χ4v) is 3.27. The van der Waals surface area contributed by atoms with Gasteiger partial charge in [-0.25, -0.2) is 4.98 Å².